The fourth-order valence-corrected chi connectivity index (χ4v) is 7.45. The molecular weight excluding hydrogens is 372 g/mol. The van der Waals surface area contributed by atoms with Crippen molar-refractivity contribution in [2.45, 2.75) is 45.6 Å². The van der Waals surface area contributed by atoms with E-state index in [1.54, 1.807) is 12.2 Å². The van der Waals surface area contributed by atoms with Gasteiger partial charge in [0.15, 0.2) is 11.6 Å². The highest BCUT2D eigenvalue weighted by molar-refractivity contribution is 6.01. The van der Waals surface area contributed by atoms with Crippen molar-refractivity contribution in [1.82, 2.24) is 0 Å². The summed E-state index contributed by atoms with van der Waals surface area (Å²) in [7, 11) is 1.33. The van der Waals surface area contributed by atoms with Crippen LogP contribution in [-0.2, 0) is 19.1 Å². The van der Waals surface area contributed by atoms with Crippen LogP contribution in [0.3, 0.4) is 0 Å². The highest BCUT2D eigenvalue weighted by Crippen LogP contribution is 2.67. The predicted octanol–water partition coefficient (Wildman–Crippen LogP) is 1.84. The van der Waals surface area contributed by atoms with Gasteiger partial charge in [0.05, 0.1) is 19.1 Å². The largest absolute Gasteiger partial charge is 0.469 e. The van der Waals surface area contributed by atoms with E-state index >= 15 is 0 Å². The van der Waals surface area contributed by atoms with Crippen LogP contribution >= 0.6 is 0 Å². The molecule has 2 N–H and O–H groups in total. The highest BCUT2D eigenvalue weighted by Gasteiger charge is 2.66. The zero-order valence-corrected chi connectivity index (χ0v) is 17.3. The van der Waals surface area contributed by atoms with Crippen LogP contribution in [0.5, 0.6) is 0 Å². The molecule has 6 nitrogen and oxygen atoms in total. The van der Waals surface area contributed by atoms with E-state index in [2.05, 4.69) is 6.92 Å². The molecule has 6 heteroatoms. The van der Waals surface area contributed by atoms with Crippen LogP contribution in [0.2, 0.25) is 0 Å². The molecular formula is C23H30O6. The van der Waals surface area contributed by atoms with E-state index in [0.717, 1.165) is 18.4 Å². The Bertz CT molecular complexity index is 812. The summed E-state index contributed by atoms with van der Waals surface area (Å²) in [5, 5.41) is 20.9. The summed E-state index contributed by atoms with van der Waals surface area (Å²) in [5.41, 5.74) is 0.113. The number of aliphatic hydroxyl groups is 2. The Morgan fingerprint density at radius 3 is 2.69 bits per heavy atom. The third kappa shape index (κ3) is 2.79. The summed E-state index contributed by atoms with van der Waals surface area (Å²) in [6, 6.07) is 0. The summed E-state index contributed by atoms with van der Waals surface area (Å²) in [6.07, 6.45) is 7.11. The lowest BCUT2D eigenvalue weighted by molar-refractivity contribution is -0.154. The zero-order valence-electron chi connectivity index (χ0n) is 17.3. The monoisotopic (exact) mass is 402 g/mol. The first kappa shape index (κ1) is 20.5. The Kier molecular flexibility index (Phi) is 4.86. The van der Waals surface area contributed by atoms with Crippen molar-refractivity contribution in [3.05, 3.63) is 23.8 Å². The van der Waals surface area contributed by atoms with Crippen molar-refractivity contribution in [2.24, 2.45) is 40.4 Å². The molecule has 0 saturated heterocycles. The van der Waals surface area contributed by atoms with Crippen LogP contribution in [0.25, 0.3) is 0 Å². The lowest BCUT2D eigenvalue weighted by Gasteiger charge is -2.58. The second-order valence-electron chi connectivity index (χ2n) is 9.77. The quantitative estimate of drug-likeness (QED) is 0.699. The van der Waals surface area contributed by atoms with E-state index in [1.165, 1.54) is 7.11 Å². The number of methoxy groups -OCH3 is 1. The van der Waals surface area contributed by atoms with Crippen LogP contribution in [0, 0.1) is 40.4 Å². The number of ketones is 2. The molecule has 0 bridgehead atoms. The van der Waals surface area contributed by atoms with E-state index in [9.17, 15) is 24.6 Å². The van der Waals surface area contributed by atoms with Crippen molar-refractivity contribution >= 4 is 17.5 Å². The van der Waals surface area contributed by atoms with Crippen molar-refractivity contribution in [3.8, 4) is 0 Å². The predicted molar refractivity (Wildman–Crippen MR) is 104 cm³/mol. The molecule has 3 fully saturated rings. The first-order valence-electron chi connectivity index (χ1n) is 10.5. The van der Waals surface area contributed by atoms with E-state index < -0.39 is 41.3 Å². The van der Waals surface area contributed by atoms with Gasteiger partial charge in [-0.2, -0.15) is 0 Å². The van der Waals surface area contributed by atoms with Crippen LogP contribution in [0.4, 0.5) is 0 Å². The van der Waals surface area contributed by atoms with Crippen molar-refractivity contribution < 1.29 is 29.3 Å². The number of hydrogen-bond donors (Lipinski definition) is 2. The SMILES string of the molecule is COC(=O)C1C[C@H]2[C@@H]3CCC4=CC(=O)C=C[C@]4(C)[C@H]3[C@@H](O)C[C@]2(C)[C@H]1C(=O)CO. The maximum absolute atomic E-state index is 12.7. The van der Waals surface area contributed by atoms with Crippen LogP contribution in [0.1, 0.15) is 39.5 Å². The summed E-state index contributed by atoms with van der Waals surface area (Å²) in [6.45, 7) is 3.47. The molecule has 0 aromatic carbocycles. The Balaban J connectivity index is 1.76. The number of carbonyl (C=O) groups is 3. The van der Waals surface area contributed by atoms with Gasteiger partial charge < -0.3 is 14.9 Å². The summed E-state index contributed by atoms with van der Waals surface area (Å²) >= 11 is 0. The lowest BCUT2D eigenvalue weighted by atomic mass is 9.46. The fourth-order valence-electron chi connectivity index (χ4n) is 7.45. The topological polar surface area (TPSA) is 101 Å². The second kappa shape index (κ2) is 6.88. The van der Waals surface area contributed by atoms with E-state index in [-0.39, 0.29) is 29.3 Å². The van der Waals surface area contributed by atoms with Gasteiger partial charge in [-0.25, -0.2) is 0 Å². The number of fused-ring (bicyclic) bond motifs is 5. The standard InChI is InChI=1S/C23H30O6/c1-22-7-6-13(25)8-12(22)4-5-14-16-9-15(21(28)29-3)20(18(27)11-24)23(16,2)10-17(26)19(14)22/h6-8,14-17,19-20,24,26H,4-5,9-11H2,1-3H3/t14-,15?,16-,17-,19+,20+,22-,23-/m0/s1. The molecule has 1 unspecified atom stereocenters. The van der Waals surface area contributed by atoms with Gasteiger partial charge in [0.25, 0.3) is 0 Å². The van der Waals surface area contributed by atoms with Gasteiger partial charge in [-0.1, -0.05) is 25.5 Å². The van der Waals surface area contributed by atoms with Gasteiger partial charge in [-0.15, -0.1) is 0 Å². The lowest BCUT2D eigenvalue weighted by Crippen LogP contribution is -2.56. The Morgan fingerprint density at radius 2 is 2.03 bits per heavy atom. The molecule has 0 amide bonds. The van der Waals surface area contributed by atoms with Crippen molar-refractivity contribution in [1.29, 1.82) is 0 Å². The smallest absolute Gasteiger partial charge is 0.309 e. The number of esters is 1. The molecule has 0 heterocycles. The summed E-state index contributed by atoms with van der Waals surface area (Å²) in [5.74, 6) is -1.86. The molecule has 4 rings (SSSR count). The molecule has 0 aromatic rings. The maximum atomic E-state index is 12.7. The molecule has 8 atom stereocenters. The second-order valence-corrected chi connectivity index (χ2v) is 9.77. The number of hydrogen-bond acceptors (Lipinski definition) is 6. The molecule has 3 saturated carbocycles. The van der Waals surface area contributed by atoms with Crippen LogP contribution in [0.15, 0.2) is 23.8 Å². The minimum atomic E-state index is -0.654. The summed E-state index contributed by atoms with van der Waals surface area (Å²) < 4.78 is 5.00. The van der Waals surface area contributed by atoms with Gasteiger partial charge in [0.2, 0.25) is 0 Å². The molecule has 4 aliphatic carbocycles. The number of rotatable bonds is 3. The van der Waals surface area contributed by atoms with Crippen LogP contribution < -0.4 is 0 Å². The number of aliphatic hydroxyl groups excluding tert-OH is 2. The van der Waals surface area contributed by atoms with Gasteiger partial charge >= 0.3 is 5.97 Å². The van der Waals surface area contributed by atoms with E-state index in [1.807, 2.05) is 13.0 Å². The maximum Gasteiger partial charge on any atom is 0.309 e. The first-order valence-corrected chi connectivity index (χ1v) is 10.5. The highest BCUT2D eigenvalue weighted by atomic mass is 16.5. The minimum absolute atomic E-state index is 0.00806. The molecule has 0 spiro atoms. The zero-order chi connectivity index (χ0) is 21.1. The molecule has 4 aliphatic rings. The number of allylic oxidation sites excluding steroid dienone is 4. The molecule has 158 valence electrons. The van der Waals surface area contributed by atoms with E-state index in [4.69, 9.17) is 4.74 Å². The number of Topliss-reactive ketones (excluding diaryl/α,β-unsaturated/α-hetero) is 1. The number of ether oxygens (including phenoxy) is 1. The normalized spacial score (nSPS) is 45.7. The molecule has 0 aliphatic heterocycles. The first-order chi connectivity index (χ1) is 13.7. The van der Waals surface area contributed by atoms with Crippen molar-refractivity contribution in [3.63, 3.8) is 0 Å². The molecule has 0 radical (unpaired) electrons. The average Bonchev–Trinajstić information content (AvgIpc) is 2.99. The minimum Gasteiger partial charge on any atom is -0.469 e. The fraction of sp³-hybridized carbons (Fsp3) is 0.696. The average molecular weight is 402 g/mol. The van der Waals surface area contributed by atoms with Gasteiger partial charge in [0, 0.05) is 17.3 Å². The Morgan fingerprint density at radius 1 is 1.31 bits per heavy atom. The van der Waals surface area contributed by atoms with Crippen molar-refractivity contribution in [2.75, 3.05) is 13.7 Å². The Hall–Kier alpha value is -1.79. The van der Waals surface area contributed by atoms with E-state index in [0.29, 0.717) is 12.8 Å². The third-order valence-electron chi connectivity index (χ3n) is 8.56. The molecule has 0 aromatic heterocycles. The Labute approximate surface area is 171 Å². The third-order valence-corrected chi connectivity index (χ3v) is 8.56. The summed E-state index contributed by atoms with van der Waals surface area (Å²) in [4.78, 5) is 37.1. The van der Waals surface area contributed by atoms with Gasteiger partial charge in [-0.05, 0) is 55.1 Å². The van der Waals surface area contributed by atoms with Crippen LogP contribution in [-0.4, -0.2) is 47.6 Å². The number of carbonyl (C=O) groups excluding carboxylic acids is 3. The van der Waals surface area contributed by atoms with Gasteiger partial charge in [0.1, 0.15) is 6.61 Å². The molecule has 29 heavy (non-hydrogen) atoms. The van der Waals surface area contributed by atoms with Gasteiger partial charge in [-0.3, -0.25) is 14.4 Å².